The van der Waals surface area contributed by atoms with Crippen LogP contribution in [0.1, 0.15) is 18.4 Å². The van der Waals surface area contributed by atoms with Crippen LogP contribution in [0.5, 0.6) is 5.75 Å². The van der Waals surface area contributed by atoms with Crippen molar-refractivity contribution in [2.75, 3.05) is 25.6 Å². The standard InChI is InChI=1S/C14H19NO4S/c1-11-2-3-12(15(16)17)8-13(11)19-9-14(10-20)4-6-18-7-5-14/h2-3,8,20H,4-7,9-10H2,1H3. The maximum atomic E-state index is 10.8. The van der Waals surface area contributed by atoms with Crippen molar-refractivity contribution in [1.29, 1.82) is 0 Å². The molecule has 1 saturated heterocycles. The normalized spacial score (nSPS) is 17.7. The predicted molar refractivity (Wildman–Crippen MR) is 79.7 cm³/mol. The number of nitro groups is 1. The maximum absolute atomic E-state index is 10.8. The molecule has 2 rings (SSSR count). The quantitative estimate of drug-likeness (QED) is 0.515. The molecule has 110 valence electrons. The second-order valence-electron chi connectivity index (χ2n) is 5.27. The highest BCUT2D eigenvalue weighted by atomic mass is 32.1. The third-order valence-electron chi connectivity index (χ3n) is 3.81. The van der Waals surface area contributed by atoms with E-state index < -0.39 is 4.92 Å². The molecule has 1 aliphatic rings. The van der Waals surface area contributed by atoms with Crippen LogP contribution < -0.4 is 4.74 Å². The summed E-state index contributed by atoms with van der Waals surface area (Å²) in [5.74, 6) is 1.30. The highest BCUT2D eigenvalue weighted by Gasteiger charge is 2.32. The Labute approximate surface area is 123 Å². The maximum Gasteiger partial charge on any atom is 0.273 e. The Morgan fingerprint density at radius 2 is 2.15 bits per heavy atom. The van der Waals surface area contributed by atoms with Gasteiger partial charge in [-0.2, -0.15) is 12.6 Å². The van der Waals surface area contributed by atoms with Gasteiger partial charge in [-0.3, -0.25) is 10.1 Å². The molecule has 0 aliphatic carbocycles. The van der Waals surface area contributed by atoms with Crippen molar-refractivity contribution in [1.82, 2.24) is 0 Å². The summed E-state index contributed by atoms with van der Waals surface area (Å²) in [7, 11) is 0. The third-order valence-corrected chi connectivity index (χ3v) is 4.48. The van der Waals surface area contributed by atoms with Crippen molar-refractivity contribution < 1.29 is 14.4 Å². The Balaban J connectivity index is 2.09. The van der Waals surface area contributed by atoms with E-state index in [-0.39, 0.29) is 11.1 Å². The number of rotatable bonds is 5. The fourth-order valence-electron chi connectivity index (χ4n) is 2.24. The van der Waals surface area contributed by atoms with Crippen molar-refractivity contribution >= 4 is 18.3 Å². The van der Waals surface area contributed by atoms with E-state index >= 15 is 0 Å². The number of hydrogen-bond donors (Lipinski definition) is 1. The molecule has 5 nitrogen and oxygen atoms in total. The SMILES string of the molecule is Cc1ccc([N+](=O)[O-])cc1OCC1(CS)CCOCC1. The van der Waals surface area contributed by atoms with Crippen LogP contribution in [-0.4, -0.2) is 30.5 Å². The van der Waals surface area contributed by atoms with Gasteiger partial charge in [-0.1, -0.05) is 0 Å². The number of nitro benzene ring substituents is 1. The van der Waals surface area contributed by atoms with Gasteiger partial charge in [0, 0.05) is 24.7 Å². The fraction of sp³-hybridized carbons (Fsp3) is 0.571. The first kappa shape index (κ1) is 15.1. The lowest BCUT2D eigenvalue weighted by Gasteiger charge is -2.35. The van der Waals surface area contributed by atoms with E-state index in [2.05, 4.69) is 12.6 Å². The van der Waals surface area contributed by atoms with E-state index in [1.165, 1.54) is 12.1 Å². The molecule has 6 heteroatoms. The lowest BCUT2D eigenvalue weighted by atomic mass is 9.83. The van der Waals surface area contributed by atoms with Crippen molar-refractivity contribution in [3.05, 3.63) is 33.9 Å². The Morgan fingerprint density at radius 3 is 2.75 bits per heavy atom. The average Bonchev–Trinajstić information content (AvgIpc) is 2.47. The second-order valence-corrected chi connectivity index (χ2v) is 5.58. The topological polar surface area (TPSA) is 61.6 Å². The first-order valence-corrected chi connectivity index (χ1v) is 7.26. The first-order valence-electron chi connectivity index (χ1n) is 6.63. The molecular weight excluding hydrogens is 278 g/mol. The molecule has 1 heterocycles. The van der Waals surface area contributed by atoms with Crippen LogP contribution in [0.4, 0.5) is 5.69 Å². The molecule has 1 aromatic rings. The molecule has 0 atom stereocenters. The zero-order valence-electron chi connectivity index (χ0n) is 11.5. The van der Waals surface area contributed by atoms with Crippen LogP contribution in [-0.2, 0) is 4.74 Å². The molecule has 0 radical (unpaired) electrons. The first-order chi connectivity index (χ1) is 9.56. The van der Waals surface area contributed by atoms with Gasteiger partial charge in [0.2, 0.25) is 0 Å². The highest BCUT2D eigenvalue weighted by Crippen LogP contribution is 2.33. The van der Waals surface area contributed by atoms with Crippen molar-refractivity contribution in [2.24, 2.45) is 5.41 Å². The van der Waals surface area contributed by atoms with E-state index in [9.17, 15) is 10.1 Å². The lowest BCUT2D eigenvalue weighted by Crippen LogP contribution is -2.37. The number of hydrogen-bond acceptors (Lipinski definition) is 5. The smallest absolute Gasteiger partial charge is 0.273 e. The summed E-state index contributed by atoms with van der Waals surface area (Å²) < 4.78 is 11.2. The summed E-state index contributed by atoms with van der Waals surface area (Å²) >= 11 is 4.43. The predicted octanol–water partition coefficient (Wildman–Crippen LogP) is 3.01. The Bertz CT molecular complexity index is 486. The van der Waals surface area contributed by atoms with Gasteiger partial charge in [-0.15, -0.1) is 0 Å². The Morgan fingerprint density at radius 1 is 1.45 bits per heavy atom. The van der Waals surface area contributed by atoms with E-state index in [0.29, 0.717) is 12.4 Å². The van der Waals surface area contributed by atoms with Crippen LogP contribution in [0.15, 0.2) is 18.2 Å². The van der Waals surface area contributed by atoms with Crippen LogP contribution in [0.25, 0.3) is 0 Å². The molecule has 0 aromatic heterocycles. The Hall–Kier alpha value is -1.27. The molecule has 0 bridgehead atoms. The van der Waals surface area contributed by atoms with Crippen molar-refractivity contribution in [2.45, 2.75) is 19.8 Å². The van der Waals surface area contributed by atoms with Gasteiger partial charge < -0.3 is 9.47 Å². The number of thiol groups is 1. The second kappa shape index (κ2) is 6.45. The molecule has 0 amide bonds. The van der Waals surface area contributed by atoms with Gasteiger partial charge in [0.05, 0.1) is 17.6 Å². The number of aryl methyl sites for hydroxylation is 1. The number of benzene rings is 1. The van der Waals surface area contributed by atoms with Gasteiger partial charge in [-0.05, 0) is 37.1 Å². The molecule has 1 fully saturated rings. The number of ether oxygens (including phenoxy) is 2. The summed E-state index contributed by atoms with van der Waals surface area (Å²) in [5.41, 5.74) is 0.952. The molecule has 0 N–H and O–H groups in total. The van der Waals surface area contributed by atoms with Crippen LogP contribution >= 0.6 is 12.6 Å². The van der Waals surface area contributed by atoms with Crippen molar-refractivity contribution in [3.8, 4) is 5.75 Å². The third kappa shape index (κ3) is 3.43. The lowest BCUT2D eigenvalue weighted by molar-refractivity contribution is -0.385. The number of nitrogens with zero attached hydrogens (tertiary/aromatic N) is 1. The van der Waals surface area contributed by atoms with Gasteiger partial charge in [0.1, 0.15) is 5.75 Å². The van der Waals surface area contributed by atoms with Crippen molar-refractivity contribution in [3.63, 3.8) is 0 Å². The van der Waals surface area contributed by atoms with Crippen LogP contribution in [0, 0.1) is 22.5 Å². The molecule has 0 saturated carbocycles. The molecule has 0 unspecified atom stereocenters. The average molecular weight is 297 g/mol. The summed E-state index contributed by atoms with van der Waals surface area (Å²) in [6, 6.07) is 4.69. The summed E-state index contributed by atoms with van der Waals surface area (Å²) in [6.07, 6.45) is 1.81. The molecular formula is C14H19NO4S. The highest BCUT2D eigenvalue weighted by molar-refractivity contribution is 7.80. The minimum Gasteiger partial charge on any atom is -0.492 e. The van der Waals surface area contributed by atoms with Gasteiger partial charge in [0.15, 0.2) is 0 Å². The molecule has 0 spiro atoms. The largest absolute Gasteiger partial charge is 0.492 e. The van der Waals surface area contributed by atoms with E-state index in [1.807, 2.05) is 6.92 Å². The monoisotopic (exact) mass is 297 g/mol. The zero-order chi connectivity index (χ0) is 14.6. The van der Waals surface area contributed by atoms with Crippen LogP contribution in [0.3, 0.4) is 0 Å². The summed E-state index contributed by atoms with van der Waals surface area (Å²) in [6.45, 7) is 3.84. The summed E-state index contributed by atoms with van der Waals surface area (Å²) in [4.78, 5) is 10.4. The van der Waals surface area contributed by atoms with Gasteiger partial charge in [-0.25, -0.2) is 0 Å². The zero-order valence-corrected chi connectivity index (χ0v) is 12.4. The Kier molecular flexibility index (Phi) is 4.88. The fourth-order valence-corrected chi connectivity index (χ4v) is 2.65. The van der Waals surface area contributed by atoms with Gasteiger partial charge in [0.25, 0.3) is 5.69 Å². The van der Waals surface area contributed by atoms with E-state index in [1.54, 1.807) is 6.07 Å². The van der Waals surface area contributed by atoms with Crippen LogP contribution in [0.2, 0.25) is 0 Å². The van der Waals surface area contributed by atoms with E-state index in [4.69, 9.17) is 9.47 Å². The van der Waals surface area contributed by atoms with Gasteiger partial charge >= 0.3 is 0 Å². The molecule has 1 aliphatic heterocycles. The summed E-state index contributed by atoms with van der Waals surface area (Å²) in [5, 5.41) is 10.8. The van der Waals surface area contributed by atoms with E-state index in [0.717, 1.165) is 37.4 Å². The molecule has 20 heavy (non-hydrogen) atoms. The minimum atomic E-state index is -0.408. The number of non-ortho nitro benzene ring substituents is 1. The molecule has 1 aromatic carbocycles. The minimum absolute atomic E-state index is 0.00157.